The van der Waals surface area contributed by atoms with E-state index in [4.69, 9.17) is 0 Å². The Labute approximate surface area is 156 Å². The van der Waals surface area contributed by atoms with Crippen LogP contribution in [0.1, 0.15) is 28.4 Å². The topological polar surface area (TPSA) is 66.5 Å². The van der Waals surface area contributed by atoms with Gasteiger partial charge in [0.15, 0.2) is 0 Å². The molecule has 1 N–H and O–H groups in total. The standard InChI is InChI=1S/C18H19FN2O3S2/c1-21(2)26(23,24)13-8-6-12(7-9-13)18(22)20-16-10-11-25-17-14(16)4-3-5-15(17)19/h3-9,16H,10-11H2,1-2H3,(H,20,22). The van der Waals surface area contributed by atoms with Gasteiger partial charge >= 0.3 is 0 Å². The number of thioether (sulfide) groups is 1. The quantitative estimate of drug-likeness (QED) is 0.866. The Bertz CT molecular complexity index is 928. The normalized spacial score (nSPS) is 17.0. The molecule has 3 rings (SSSR count). The van der Waals surface area contributed by atoms with Crippen LogP contribution in [0.25, 0.3) is 0 Å². The van der Waals surface area contributed by atoms with Crippen LogP contribution in [0.2, 0.25) is 0 Å². The van der Waals surface area contributed by atoms with Crippen LogP contribution in [0, 0.1) is 5.82 Å². The van der Waals surface area contributed by atoms with Gasteiger partial charge in [-0.2, -0.15) is 0 Å². The third-order valence-corrected chi connectivity index (χ3v) is 7.21. The summed E-state index contributed by atoms with van der Waals surface area (Å²) in [4.78, 5) is 13.2. The van der Waals surface area contributed by atoms with E-state index in [1.54, 1.807) is 6.07 Å². The van der Waals surface area contributed by atoms with Crippen molar-refractivity contribution in [2.24, 2.45) is 0 Å². The molecule has 1 heterocycles. The van der Waals surface area contributed by atoms with Crippen LogP contribution >= 0.6 is 11.8 Å². The number of hydrogen-bond acceptors (Lipinski definition) is 4. The summed E-state index contributed by atoms with van der Waals surface area (Å²) in [5, 5.41) is 2.92. The summed E-state index contributed by atoms with van der Waals surface area (Å²) < 4.78 is 39.2. The first-order valence-corrected chi connectivity index (χ1v) is 10.5. The molecule has 0 aromatic heterocycles. The minimum atomic E-state index is -3.53. The highest BCUT2D eigenvalue weighted by molar-refractivity contribution is 7.99. The van der Waals surface area contributed by atoms with E-state index in [9.17, 15) is 17.6 Å². The van der Waals surface area contributed by atoms with Crippen molar-refractivity contribution >= 4 is 27.7 Å². The van der Waals surface area contributed by atoms with Gasteiger partial charge in [-0.25, -0.2) is 17.1 Å². The predicted molar refractivity (Wildman–Crippen MR) is 99.3 cm³/mol. The second kappa shape index (κ2) is 7.38. The summed E-state index contributed by atoms with van der Waals surface area (Å²) in [6.07, 6.45) is 0.708. The van der Waals surface area contributed by atoms with Crippen molar-refractivity contribution in [3.8, 4) is 0 Å². The molecule has 26 heavy (non-hydrogen) atoms. The van der Waals surface area contributed by atoms with Gasteiger partial charge in [-0.1, -0.05) is 12.1 Å². The first-order chi connectivity index (χ1) is 12.3. The highest BCUT2D eigenvalue weighted by Gasteiger charge is 2.25. The van der Waals surface area contributed by atoms with Crippen molar-refractivity contribution in [1.29, 1.82) is 0 Å². The SMILES string of the molecule is CN(C)S(=O)(=O)c1ccc(C(=O)NC2CCSc3c(F)cccc32)cc1. The van der Waals surface area contributed by atoms with Crippen LogP contribution in [0.15, 0.2) is 52.3 Å². The molecule has 0 aliphatic carbocycles. The van der Waals surface area contributed by atoms with E-state index < -0.39 is 10.0 Å². The van der Waals surface area contributed by atoms with Gasteiger partial charge < -0.3 is 5.32 Å². The first-order valence-electron chi connectivity index (χ1n) is 8.05. The van der Waals surface area contributed by atoms with Crippen molar-refractivity contribution in [3.63, 3.8) is 0 Å². The van der Waals surface area contributed by atoms with Gasteiger partial charge in [0, 0.05) is 30.3 Å². The number of nitrogens with zero attached hydrogens (tertiary/aromatic N) is 1. The van der Waals surface area contributed by atoms with E-state index in [1.807, 2.05) is 6.07 Å². The Balaban J connectivity index is 1.79. The van der Waals surface area contributed by atoms with Crippen LogP contribution in [0.4, 0.5) is 4.39 Å². The van der Waals surface area contributed by atoms with E-state index in [2.05, 4.69) is 5.32 Å². The first kappa shape index (κ1) is 18.9. The lowest BCUT2D eigenvalue weighted by Gasteiger charge is -2.26. The molecule has 0 saturated carbocycles. The third-order valence-electron chi connectivity index (χ3n) is 4.23. The maximum atomic E-state index is 13.9. The zero-order valence-corrected chi connectivity index (χ0v) is 16.0. The minimum Gasteiger partial charge on any atom is -0.345 e. The number of sulfonamides is 1. The van der Waals surface area contributed by atoms with Gasteiger partial charge in [-0.3, -0.25) is 4.79 Å². The summed E-state index contributed by atoms with van der Waals surface area (Å²) >= 11 is 1.45. The molecule has 5 nitrogen and oxygen atoms in total. The van der Waals surface area contributed by atoms with Gasteiger partial charge in [0.2, 0.25) is 10.0 Å². The number of fused-ring (bicyclic) bond motifs is 1. The Morgan fingerprint density at radius 3 is 2.54 bits per heavy atom. The zero-order chi connectivity index (χ0) is 18.9. The summed E-state index contributed by atoms with van der Waals surface area (Å²) in [5.41, 5.74) is 1.14. The maximum absolute atomic E-state index is 13.9. The maximum Gasteiger partial charge on any atom is 0.251 e. The molecule has 2 aromatic rings. The van der Waals surface area contributed by atoms with Crippen LogP contribution in [-0.2, 0) is 10.0 Å². The number of carbonyl (C=O) groups is 1. The van der Waals surface area contributed by atoms with Crippen molar-refractivity contribution in [2.45, 2.75) is 22.3 Å². The average molecular weight is 394 g/mol. The second-order valence-corrected chi connectivity index (χ2v) is 9.39. The monoisotopic (exact) mass is 394 g/mol. The van der Waals surface area contributed by atoms with Crippen LogP contribution in [-0.4, -0.2) is 38.5 Å². The number of rotatable bonds is 4. The fourth-order valence-corrected chi connectivity index (χ4v) is 4.81. The Morgan fingerprint density at radius 2 is 1.88 bits per heavy atom. The highest BCUT2D eigenvalue weighted by Crippen LogP contribution is 2.37. The zero-order valence-electron chi connectivity index (χ0n) is 14.4. The van der Waals surface area contributed by atoms with Crippen molar-refractivity contribution in [2.75, 3.05) is 19.8 Å². The number of carbonyl (C=O) groups excluding carboxylic acids is 1. The lowest BCUT2D eigenvalue weighted by atomic mass is 10.0. The Morgan fingerprint density at radius 1 is 1.19 bits per heavy atom. The molecule has 0 saturated heterocycles. The number of hydrogen-bond donors (Lipinski definition) is 1. The molecular weight excluding hydrogens is 375 g/mol. The molecule has 0 radical (unpaired) electrons. The molecule has 1 amide bonds. The van der Waals surface area contributed by atoms with E-state index in [1.165, 1.54) is 56.2 Å². The molecular formula is C18H19FN2O3S2. The van der Waals surface area contributed by atoms with Gasteiger partial charge in [0.05, 0.1) is 10.9 Å². The summed E-state index contributed by atoms with van der Waals surface area (Å²) in [6, 6.07) is 10.4. The van der Waals surface area contributed by atoms with E-state index in [0.29, 0.717) is 16.9 Å². The van der Waals surface area contributed by atoms with Gasteiger partial charge in [0.25, 0.3) is 5.91 Å². The number of nitrogens with one attached hydrogen (secondary N) is 1. The van der Waals surface area contributed by atoms with E-state index in [-0.39, 0.29) is 22.7 Å². The molecule has 1 unspecified atom stereocenters. The summed E-state index contributed by atoms with van der Waals surface area (Å²) in [7, 11) is -0.630. The molecule has 0 bridgehead atoms. The van der Waals surface area contributed by atoms with E-state index >= 15 is 0 Å². The van der Waals surface area contributed by atoms with Gasteiger partial charge in [-0.05, 0) is 42.3 Å². The molecule has 1 aliphatic heterocycles. The van der Waals surface area contributed by atoms with E-state index in [0.717, 1.165) is 15.6 Å². The average Bonchev–Trinajstić information content (AvgIpc) is 2.62. The second-order valence-electron chi connectivity index (χ2n) is 6.13. The number of halogens is 1. The third kappa shape index (κ3) is 3.62. The number of amides is 1. The largest absolute Gasteiger partial charge is 0.345 e. The van der Waals surface area contributed by atoms with Crippen LogP contribution < -0.4 is 5.32 Å². The smallest absolute Gasteiger partial charge is 0.251 e. The molecule has 1 atom stereocenters. The lowest BCUT2D eigenvalue weighted by molar-refractivity contribution is 0.0934. The van der Waals surface area contributed by atoms with Crippen molar-refractivity contribution in [3.05, 3.63) is 59.4 Å². The molecule has 8 heteroatoms. The van der Waals surface area contributed by atoms with Crippen LogP contribution in [0.3, 0.4) is 0 Å². The lowest BCUT2D eigenvalue weighted by Crippen LogP contribution is -2.31. The Kier molecular flexibility index (Phi) is 5.36. The van der Waals surface area contributed by atoms with Gasteiger partial charge in [-0.15, -0.1) is 11.8 Å². The van der Waals surface area contributed by atoms with Crippen molar-refractivity contribution in [1.82, 2.24) is 9.62 Å². The molecule has 0 fully saturated rings. The highest BCUT2D eigenvalue weighted by atomic mass is 32.2. The van der Waals surface area contributed by atoms with Gasteiger partial charge in [0.1, 0.15) is 5.82 Å². The molecule has 2 aromatic carbocycles. The predicted octanol–water partition coefficient (Wildman–Crippen LogP) is 3.04. The minimum absolute atomic E-state index is 0.125. The Hall–Kier alpha value is -1.90. The fourth-order valence-electron chi connectivity index (χ4n) is 2.77. The van der Waals surface area contributed by atoms with Crippen LogP contribution in [0.5, 0.6) is 0 Å². The molecule has 138 valence electrons. The molecule has 1 aliphatic rings. The molecule has 0 spiro atoms. The summed E-state index contributed by atoms with van der Waals surface area (Å²) in [5.74, 6) is 0.134. The summed E-state index contributed by atoms with van der Waals surface area (Å²) in [6.45, 7) is 0. The number of benzene rings is 2. The van der Waals surface area contributed by atoms with Crippen molar-refractivity contribution < 1.29 is 17.6 Å². The fraction of sp³-hybridized carbons (Fsp3) is 0.278.